The fraction of sp³-hybridized carbons (Fsp3) is 0.150. The fourth-order valence-electron chi connectivity index (χ4n) is 3.05. The zero-order chi connectivity index (χ0) is 20.4. The second kappa shape index (κ2) is 7.86. The Morgan fingerprint density at radius 3 is 2.69 bits per heavy atom. The topological polar surface area (TPSA) is 100 Å². The molecule has 0 radical (unpaired) electrons. The lowest BCUT2D eigenvalue weighted by atomic mass is 10.1. The van der Waals surface area contributed by atoms with E-state index in [9.17, 15) is 13.2 Å². The van der Waals surface area contributed by atoms with E-state index in [4.69, 9.17) is 4.42 Å². The van der Waals surface area contributed by atoms with Gasteiger partial charge in [-0.3, -0.25) is 0 Å². The van der Waals surface area contributed by atoms with Crippen molar-refractivity contribution in [3.63, 3.8) is 0 Å². The van der Waals surface area contributed by atoms with Crippen LogP contribution in [0.2, 0.25) is 0 Å². The quantitative estimate of drug-likeness (QED) is 0.432. The third-order valence-corrected chi connectivity index (χ3v) is 6.86. The van der Waals surface area contributed by atoms with Crippen molar-refractivity contribution in [1.29, 1.82) is 0 Å². The molecule has 0 bridgehead atoms. The van der Waals surface area contributed by atoms with Crippen molar-refractivity contribution in [1.82, 2.24) is 10.0 Å². The minimum absolute atomic E-state index is 0.134. The lowest BCUT2D eigenvalue weighted by molar-refractivity contribution is 0.252. The number of hydrogen-bond donors (Lipinski definition) is 3. The molecule has 3 N–H and O–H groups in total. The van der Waals surface area contributed by atoms with Gasteiger partial charge in [-0.2, -0.15) is 0 Å². The first-order chi connectivity index (χ1) is 14.0. The van der Waals surface area contributed by atoms with E-state index in [1.54, 1.807) is 29.5 Å². The number of amides is 2. The van der Waals surface area contributed by atoms with Crippen LogP contribution < -0.4 is 15.4 Å². The van der Waals surface area contributed by atoms with E-state index in [0.29, 0.717) is 23.4 Å². The molecule has 4 rings (SSSR count). The van der Waals surface area contributed by atoms with Crippen molar-refractivity contribution >= 4 is 55.0 Å². The Morgan fingerprint density at radius 2 is 1.93 bits per heavy atom. The molecular weight excluding hydrogens is 410 g/mol. The molecule has 2 aromatic heterocycles. The molecule has 0 saturated heterocycles. The van der Waals surface area contributed by atoms with Gasteiger partial charge in [-0.25, -0.2) is 17.9 Å². The van der Waals surface area contributed by atoms with Crippen LogP contribution in [0.3, 0.4) is 0 Å². The molecule has 0 saturated carbocycles. The Hall–Kier alpha value is -2.88. The number of furan rings is 1. The summed E-state index contributed by atoms with van der Waals surface area (Å²) in [4.78, 5) is 13.5. The lowest BCUT2D eigenvalue weighted by Gasteiger charge is -2.07. The van der Waals surface area contributed by atoms with Crippen LogP contribution in [0.4, 0.5) is 10.5 Å². The standard InChI is InChI=1S/C20H19N3O4S2/c1-21-29(25,26)15-5-6-16-17-11-13(4-7-18(17)27-19(16)12-15)23-20(24)22-9-8-14-3-2-10-28-14/h2-7,10-12,21H,8-9H2,1H3,(H2,22,23,24). The van der Waals surface area contributed by atoms with E-state index in [2.05, 4.69) is 15.4 Å². The molecule has 2 amide bonds. The Bertz CT molecular complexity index is 1280. The van der Waals surface area contributed by atoms with Gasteiger partial charge in [0.2, 0.25) is 10.0 Å². The summed E-state index contributed by atoms with van der Waals surface area (Å²) in [5, 5.41) is 9.24. The largest absolute Gasteiger partial charge is 0.456 e. The minimum Gasteiger partial charge on any atom is -0.456 e. The molecule has 4 aromatic rings. The number of nitrogens with one attached hydrogen (secondary N) is 3. The van der Waals surface area contributed by atoms with Gasteiger partial charge in [0.05, 0.1) is 4.90 Å². The Morgan fingerprint density at radius 1 is 1.07 bits per heavy atom. The SMILES string of the molecule is CNS(=O)(=O)c1ccc2c(c1)oc1ccc(NC(=O)NCCc3cccs3)cc12. The first-order valence-electron chi connectivity index (χ1n) is 8.93. The summed E-state index contributed by atoms with van der Waals surface area (Å²) >= 11 is 1.66. The van der Waals surface area contributed by atoms with Crippen molar-refractivity contribution in [2.24, 2.45) is 0 Å². The number of thiophene rings is 1. The molecule has 0 fully saturated rings. The molecule has 150 valence electrons. The van der Waals surface area contributed by atoms with Gasteiger partial charge in [0.15, 0.2) is 0 Å². The van der Waals surface area contributed by atoms with Gasteiger partial charge >= 0.3 is 6.03 Å². The van der Waals surface area contributed by atoms with Crippen LogP contribution in [-0.4, -0.2) is 28.0 Å². The average Bonchev–Trinajstić information content (AvgIpc) is 3.35. The van der Waals surface area contributed by atoms with Crippen molar-refractivity contribution in [3.05, 3.63) is 58.8 Å². The molecule has 0 atom stereocenters. The van der Waals surface area contributed by atoms with Crippen LogP contribution in [0.5, 0.6) is 0 Å². The first-order valence-corrected chi connectivity index (χ1v) is 11.3. The fourth-order valence-corrected chi connectivity index (χ4v) is 4.50. The number of urea groups is 1. The van der Waals surface area contributed by atoms with Gasteiger partial charge < -0.3 is 15.1 Å². The summed E-state index contributed by atoms with van der Waals surface area (Å²) in [7, 11) is -2.19. The van der Waals surface area contributed by atoms with Crippen LogP contribution >= 0.6 is 11.3 Å². The highest BCUT2D eigenvalue weighted by molar-refractivity contribution is 7.89. The summed E-state index contributed by atoms with van der Waals surface area (Å²) < 4.78 is 32.0. The number of anilines is 1. The van der Waals surface area contributed by atoms with E-state index in [1.165, 1.54) is 24.1 Å². The molecular formula is C20H19N3O4S2. The summed E-state index contributed by atoms with van der Waals surface area (Å²) in [6.45, 7) is 0.548. The maximum Gasteiger partial charge on any atom is 0.319 e. The Labute approximate surface area is 171 Å². The Balaban J connectivity index is 1.52. The van der Waals surface area contributed by atoms with E-state index >= 15 is 0 Å². The highest BCUT2D eigenvalue weighted by Crippen LogP contribution is 2.32. The van der Waals surface area contributed by atoms with Crippen LogP contribution in [0, 0.1) is 0 Å². The van der Waals surface area contributed by atoms with Crippen molar-refractivity contribution in [2.75, 3.05) is 18.9 Å². The maximum absolute atomic E-state index is 12.2. The predicted octanol–water partition coefficient (Wildman–Crippen LogP) is 3.92. The zero-order valence-corrected chi connectivity index (χ0v) is 17.2. The van der Waals surface area contributed by atoms with Crippen LogP contribution in [0.1, 0.15) is 4.88 Å². The van der Waals surface area contributed by atoms with Crippen LogP contribution in [-0.2, 0) is 16.4 Å². The molecule has 9 heteroatoms. The third kappa shape index (κ3) is 4.12. The summed E-state index contributed by atoms with van der Waals surface area (Å²) in [5.41, 5.74) is 1.71. The van der Waals surface area contributed by atoms with Gasteiger partial charge in [0, 0.05) is 33.9 Å². The van der Waals surface area contributed by atoms with E-state index in [1.807, 2.05) is 23.6 Å². The minimum atomic E-state index is -3.55. The second-order valence-corrected chi connectivity index (χ2v) is 9.31. The maximum atomic E-state index is 12.2. The van der Waals surface area contributed by atoms with Crippen molar-refractivity contribution < 1.29 is 17.6 Å². The van der Waals surface area contributed by atoms with Gasteiger partial charge in [0.1, 0.15) is 11.2 Å². The molecule has 0 unspecified atom stereocenters. The number of sulfonamides is 1. The predicted molar refractivity (Wildman–Crippen MR) is 115 cm³/mol. The number of carbonyl (C=O) groups is 1. The molecule has 0 aliphatic heterocycles. The molecule has 7 nitrogen and oxygen atoms in total. The molecule has 0 spiro atoms. The Kier molecular flexibility index (Phi) is 5.27. The molecule has 2 heterocycles. The summed E-state index contributed by atoms with van der Waals surface area (Å²) in [6.07, 6.45) is 0.786. The average molecular weight is 430 g/mol. The van der Waals surface area contributed by atoms with Gasteiger partial charge in [-0.1, -0.05) is 6.07 Å². The van der Waals surface area contributed by atoms with E-state index in [-0.39, 0.29) is 10.9 Å². The smallest absolute Gasteiger partial charge is 0.319 e. The zero-order valence-electron chi connectivity index (χ0n) is 15.6. The van der Waals surface area contributed by atoms with Gasteiger partial charge in [-0.15, -0.1) is 11.3 Å². The summed E-state index contributed by atoms with van der Waals surface area (Å²) in [5.74, 6) is 0. The van der Waals surface area contributed by atoms with Gasteiger partial charge in [0.25, 0.3) is 0 Å². The second-order valence-electron chi connectivity index (χ2n) is 6.39. The highest BCUT2D eigenvalue weighted by Gasteiger charge is 2.15. The van der Waals surface area contributed by atoms with Crippen molar-refractivity contribution in [2.45, 2.75) is 11.3 Å². The number of fused-ring (bicyclic) bond motifs is 3. The van der Waals surface area contributed by atoms with Crippen LogP contribution in [0.25, 0.3) is 21.9 Å². The number of benzene rings is 2. The normalized spacial score (nSPS) is 11.8. The van der Waals surface area contributed by atoms with Crippen molar-refractivity contribution in [3.8, 4) is 0 Å². The van der Waals surface area contributed by atoms with Gasteiger partial charge in [-0.05, 0) is 55.2 Å². The highest BCUT2D eigenvalue weighted by atomic mass is 32.2. The molecule has 2 aromatic carbocycles. The molecule has 0 aliphatic rings. The van der Waals surface area contributed by atoms with E-state index < -0.39 is 10.0 Å². The molecule has 0 aliphatic carbocycles. The summed E-state index contributed by atoms with van der Waals surface area (Å²) in [6, 6.07) is 13.8. The monoisotopic (exact) mass is 429 g/mol. The van der Waals surface area contributed by atoms with E-state index in [0.717, 1.165) is 17.2 Å². The number of hydrogen-bond acceptors (Lipinski definition) is 5. The lowest BCUT2D eigenvalue weighted by Crippen LogP contribution is -2.30. The number of carbonyl (C=O) groups excluding carboxylic acids is 1. The third-order valence-electron chi connectivity index (χ3n) is 4.52. The first kappa shape index (κ1) is 19.4. The molecule has 29 heavy (non-hydrogen) atoms. The van der Waals surface area contributed by atoms with Crippen LogP contribution in [0.15, 0.2) is 63.2 Å². The number of rotatable bonds is 6.